The third-order valence-corrected chi connectivity index (χ3v) is 13.5. The molecule has 17 nitrogen and oxygen atoms in total. The van der Waals surface area contributed by atoms with Crippen molar-refractivity contribution in [3.05, 3.63) is 83.0 Å². The number of imide groups is 1. The minimum atomic E-state index is -0.686. The van der Waals surface area contributed by atoms with Crippen LogP contribution in [0.15, 0.2) is 64.8 Å². The summed E-state index contributed by atoms with van der Waals surface area (Å²) in [6.45, 7) is 12.3. The van der Waals surface area contributed by atoms with E-state index < -0.39 is 11.9 Å². The van der Waals surface area contributed by atoms with Crippen molar-refractivity contribution >= 4 is 45.8 Å². The fourth-order valence-electron chi connectivity index (χ4n) is 9.76. The zero-order valence-corrected chi connectivity index (χ0v) is 37.8. The molecule has 2 saturated heterocycles. The summed E-state index contributed by atoms with van der Waals surface area (Å²) in [5.41, 5.74) is 5.38. The molecule has 2 aliphatic heterocycles. The van der Waals surface area contributed by atoms with Crippen molar-refractivity contribution in [1.82, 2.24) is 44.0 Å². The Hall–Kier alpha value is -5.91. The van der Waals surface area contributed by atoms with Gasteiger partial charge in [-0.25, -0.2) is 14.8 Å². The van der Waals surface area contributed by atoms with Crippen LogP contribution in [-0.2, 0) is 27.8 Å². The lowest BCUT2D eigenvalue weighted by Crippen LogP contribution is -2.47. The van der Waals surface area contributed by atoms with Gasteiger partial charge >= 0.3 is 5.69 Å². The molecule has 65 heavy (non-hydrogen) atoms. The number of hydrogen-bond donors (Lipinski definition) is 3. The number of ether oxygens (including phenoxy) is 1. The Morgan fingerprint density at radius 1 is 1.02 bits per heavy atom. The molecule has 1 aromatic carbocycles. The second kappa shape index (κ2) is 19.3. The number of carbonyl (C=O) groups is 3. The molecule has 0 radical (unpaired) electrons. The van der Waals surface area contributed by atoms with Gasteiger partial charge in [0.15, 0.2) is 5.69 Å². The highest BCUT2D eigenvalue weighted by Crippen LogP contribution is 2.35. The predicted octanol–water partition coefficient (Wildman–Crippen LogP) is 5.67. The van der Waals surface area contributed by atoms with Crippen molar-refractivity contribution in [1.29, 1.82) is 0 Å². The van der Waals surface area contributed by atoms with Crippen molar-refractivity contribution in [2.24, 2.45) is 18.9 Å². The number of pyridine rings is 1. The van der Waals surface area contributed by atoms with E-state index in [0.29, 0.717) is 41.7 Å². The van der Waals surface area contributed by atoms with Gasteiger partial charge in [0.1, 0.15) is 23.8 Å². The Morgan fingerprint density at radius 2 is 1.83 bits per heavy atom. The van der Waals surface area contributed by atoms with Crippen LogP contribution in [0.25, 0.3) is 28.1 Å². The number of aryl methyl sites for hydroxylation is 2. The van der Waals surface area contributed by atoms with Gasteiger partial charge in [-0.05, 0) is 126 Å². The van der Waals surface area contributed by atoms with E-state index in [1.54, 1.807) is 17.8 Å². The second-order valence-electron chi connectivity index (χ2n) is 18.7. The standard InChI is InChI=1S/C48H61N11O6/c1-30(2)44-37(51-45(61)38-29-65-47(52-38)34-17-18-49-42(23-34)50-24-32-7-8-32)28-58(54-44)35-12-9-33(10-13-35)25-55(3)26-36-27-57(20-21-64-36)19-5-6-31-11-14-39-41(22-31)56(4)48(63)59(39)40-15-16-43(60)53-46(40)62/h11,14,17-18,22-23,28-29,32-33,35-36,40H,1,5-10,12-13,15-16,19-21,24-27H2,2-4H3,(H,49,50)(H,51,61)(H,53,60,62)/t33?,35?,36-,40?/m1/s1. The first-order valence-corrected chi connectivity index (χ1v) is 23.2. The number of morpholine rings is 1. The maximum absolute atomic E-state index is 13.4. The van der Waals surface area contributed by atoms with Crippen LogP contribution in [-0.4, -0.2) is 115 Å². The highest BCUT2D eigenvalue weighted by atomic mass is 16.5. The Morgan fingerprint density at radius 3 is 2.62 bits per heavy atom. The van der Waals surface area contributed by atoms with Crippen molar-refractivity contribution < 1.29 is 23.5 Å². The smallest absolute Gasteiger partial charge is 0.329 e. The van der Waals surface area contributed by atoms with E-state index in [1.165, 1.54) is 23.7 Å². The molecule has 2 saturated carbocycles. The monoisotopic (exact) mass is 887 g/mol. The van der Waals surface area contributed by atoms with Gasteiger partial charge in [0, 0.05) is 64.1 Å². The highest BCUT2D eigenvalue weighted by molar-refractivity contribution is 6.04. The number of oxazole rings is 1. The topological polar surface area (TPSA) is 187 Å². The largest absolute Gasteiger partial charge is 0.444 e. The third-order valence-electron chi connectivity index (χ3n) is 13.5. The van der Waals surface area contributed by atoms with Crippen LogP contribution >= 0.6 is 0 Å². The van der Waals surface area contributed by atoms with Crippen LogP contribution in [0.4, 0.5) is 11.5 Å². The molecule has 0 bridgehead atoms. The molecular formula is C48H61N11O6. The van der Waals surface area contributed by atoms with E-state index >= 15 is 0 Å². The molecule has 2 aliphatic carbocycles. The molecule has 0 spiro atoms. The van der Waals surface area contributed by atoms with Crippen molar-refractivity contribution in [3.63, 3.8) is 0 Å². The number of nitrogens with zero attached hydrogens (tertiary/aromatic N) is 8. The number of hydrogen-bond acceptors (Lipinski definition) is 12. The number of allylic oxidation sites excluding steroid dienone is 1. The molecule has 4 aromatic heterocycles. The van der Waals surface area contributed by atoms with Crippen LogP contribution in [0.5, 0.6) is 0 Å². The molecule has 9 rings (SSSR count). The van der Waals surface area contributed by atoms with Crippen LogP contribution in [0.3, 0.4) is 0 Å². The van der Waals surface area contributed by atoms with Gasteiger partial charge in [-0.1, -0.05) is 12.6 Å². The van der Waals surface area contributed by atoms with E-state index in [0.717, 1.165) is 112 Å². The molecule has 3 amide bonds. The molecule has 4 aliphatic rings. The van der Waals surface area contributed by atoms with Crippen LogP contribution in [0, 0.1) is 11.8 Å². The number of fused-ring (bicyclic) bond motifs is 1. The third kappa shape index (κ3) is 10.3. The number of piperidine rings is 1. The van der Waals surface area contributed by atoms with Gasteiger partial charge in [0.25, 0.3) is 5.91 Å². The lowest BCUT2D eigenvalue weighted by atomic mass is 9.86. The number of aromatic nitrogens is 6. The summed E-state index contributed by atoms with van der Waals surface area (Å²) in [6, 6.07) is 9.29. The normalized spacial score (nSPS) is 21.8. The minimum Gasteiger partial charge on any atom is -0.444 e. The molecule has 2 atom stereocenters. The van der Waals surface area contributed by atoms with E-state index in [-0.39, 0.29) is 41.8 Å². The van der Waals surface area contributed by atoms with Gasteiger partial charge < -0.3 is 24.7 Å². The molecule has 1 unspecified atom stereocenters. The van der Waals surface area contributed by atoms with Gasteiger partial charge in [0.2, 0.25) is 17.7 Å². The number of imidazole rings is 1. The SMILES string of the molecule is C=C(C)c1nn(C2CCC(CN(C)C[C@@H]3CN(CCCc4ccc5c(c4)n(C)c(=O)n5C4CCC(=O)NC4=O)CCO3)CC2)cc1NC(=O)c1coc(-c2ccnc(NCC3CC3)c2)n1. The number of carbonyl (C=O) groups excluding carboxylic acids is 3. The molecule has 4 fully saturated rings. The molecule has 17 heteroatoms. The van der Waals surface area contributed by atoms with Crippen molar-refractivity contribution in [2.45, 2.75) is 89.3 Å². The summed E-state index contributed by atoms with van der Waals surface area (Å²) in [5, 5.41) is 13.7. The van der Waals surface area contributed by atoms with E-state index in [4.69, 9.17) is 14.3 Å². The summed E-state index contributed by atoms with van der Waals surface area (Å²) >= 11 is 0. The number of rotatable bonds is 17. The Balaban J connectivity index is 0.721. The lowest BCUT2D eigenvalue weighted by molar-refractivity contribution is -0.135. The maximum atomic E-state index is 13.4. The zero-order valence-electron chi connectivity index (χ0n) is 37.8. The van der Waals surface area contributed by atoms with Gasteiger partial charge in [-0.2, -0.15) is 5.10 Å². The summed E-state index contributed by atoms with van der Waals surface area (Å²) in [4.78, 5) is 64.7. The summed E-state index contributed by atoms with van der Waals surface area (Å²) in [5.74, 6) is 1.33. The van der Waals surface area contributed by atoms with Gasteiger partial charge in [-0.3, -0.25) is 38.4 Å². The molecule has 6 heterocycles. The first-order chi connectivity index (χ1) is 31.4. The quantitative estimate of drug-likeness (QED) is 0.0974. The second-order valence-corrected chi connectivity index (χ2v) is 18.7. The number of benzene rings is 1. The fraction of sp³-hybridized carbons (Fsp3) is 0.521. The molecule has 344 valence electrons. The lowest BCUT2D eigenvalue weighted by Gasteiger charge is -2.36. The number of likely N-dealkylation sites (N-methyl/N-ethyl adjacent to an activating group) is 1. The molecular weight excluding hydrogens is 827 g/mol. The Bertz CT molecular complexity index is 2610. The zero-order chi connectivity index (χ0) is 45.2. The van der Waals surface area contributed by atoms with Gasteiger partial charge in [0.05, 0.1) is 35.5 Å². The van der Waals surface area contributed by atoms with E-state index in [9.17, 15) is 19.2 Å². The Labute approximate surface area is 378 Å². The first kappa shape index (κ1) is 44.3. The summed E-state index contributed by atoms with van der Waals surface area (Å²) in [6.07, 6.45) is 14.2. The predicted molar refractivity (Wildman–Crippen MR) is 247 cm³/mol. The van der Waals surface area contributed by atoms with E-state index in [2.05, 4.69) is 55.4 Å². The van der Waals surface area contributed by atoms with Crippen molar-refractivity contribution in [2.75, 3.05) is 63.6 Å². The van der Waals surface area contributed by atoms with E-state index in [1.807, 2.05) is 42.1 Å². The maximum Gasteiger partial charge on any atom is 0.329 e. The highest BCUT2D eigenvalue weighted by Gasteiger charge is 2.32. The molecule has 3 N–H and O–H groups in total. The number of amides is 3. The van der Waals surface area contributed by atoms with Crippen molar-refractivity contribution in [3.8, 4) is 11.5 Å². The number of anilines is 2. The summed E-state index contributed by atoms with van der Waals surface area (Å²) < 4.78 is 17.1. The van der Waals surface area contributed by atoms with Crippen LogP contribution in [0.2, 0.25) is 0 Å². The summed E-state index contributed by atoms with van der Waals surface area (Å²) in [7, 11) is 3.93. The first-order valence-electron chi connectivity index (χ1n) is 23.2. The van der Waals surface area contributed by atoms with Crippen LogP contribution in [0.1, 0.15) is 98.5 Å². The van der Waals surface area contributed by atoms with Crippen LogP contribution < -0.4 is 21.6 Å². The minimum absolute atomic E-state index is 0.146. The fourth-order valence-corrected chi connectivity index (χ4v) is 9.76. The number of nitrogens with one attached hydrogen (secondary N) is 3. The average molecular weight is 888 g/mol. The Kier molecular flexibility index (Phi) is 13.1. The molecule has 5 aromatic rings. The average Bonchev–Trinajstić information content (AvgIpc) is 3.71. The van der Waals surface area contributed by atoms with Gasteiger partial charge in [-0.15, -0.1) is 0 Å².